The molecule has 0 aliphatic carbocycles. The molecule has 0 aromatic heterocycles. The van der Waals surface area contributed by atoms with Gasteiger partial charge in [0.15, 0.2) is 0 Å². The van der Waals surface area contributed by atoms with Crippen LogP contribution in [-0.4, -0.2) is 23.2 Å². The molecule has 4 rings (SSSR count). The topological polar surface area (TPSA) is 92.1 Å². The van der Waals surface area contributed by atoms with Gasteiger partial charge in [-0.05, 0) is 31.5 Å². The van der Waals surface area contributed by atoms with E-state index < -0.39 is 17.8 Å². The van der Waals surface area contributed by atoms with Gasteiger partial charge in [0.1, 0.15) is 12.4 Å². The first-order chi connectivity index (χ1) is 14.5. The Bertz CT molecular complexity index is 1030. The molecule has 2 amide bonds. The van der Waals surface area contributed by atoms with Gasteiger partial charge in [-0.1, -0.05) is 48.0 Å². The van der Waals surface area contributed by atoms with Crippen molar-refractivity contribution in [3.8, 4) is 5.75 Å². The molecule has 0 bridgehead atoms. The second-order valence-electron chi connectivity index (χ2n) is 7.36. The average molecular weight is 425 g/mol. The van der Waals surface area contributed by atoms with Crippen molar-refractivity contribution >= 4 is 34.8 Å². The number of nitrogens with one attached hydrogen (secondary N) is 2. The zero-order valence-electron chi connectivity index (χ0n) is 16.6. The van der Waals surface area contributed by atoms with Crippen molar-refractivity contribution in [1.29, 1.82) is 0 Å². The molecular formula is C22H21ClN4O3. The lowest BCUT2D eigenvalue weighted by molar-refractivity contribution is -0.125. The molecular weight excluding hydrogens is 404 g/mol. The van der Waals surface area contributed by atoms with E-state index >= 15 is 0 Å². The highest BCUT2D eigenvalue weighted by Crippen LogP contribution is 2.41. The summed E-state index contributed by atoms with van der Waals surface area (Å²) < 4.78 is 6.12. The molecule has 154 valence electrons. The van der Waals surface area contributed by atoms with Crippen LogP contribution >= 0.6 is 11.6 Å². The lowest BCUT2D eigenvalue weighted by Crippen LogP contribution is -2.38. The molecule has 2 aromatic carbocycles. The molecule has 2 aliphatic rings. The summed E-state index contributed by atoms with van der Waals surface area (Å²) in [5.41, 5.74) is 7.89. The normalized spacial score (nSPS) is 21.6. The fourth-order valence-corrected chi connectivity index (χ4v) is 4.19. The molecule has 0 spiro atoms. The largest absolute Gasteiger partial charge is 0.489 e. The lowest BCUT2D eigenvalue weighted by Gasteiger charge is -2.28. The van der Waals surface area contributed by atoms with Crippen molar-refractivity contribution in [3.05, 3.63) is 64.7 Å². The van der Waals surface area contributed by atoms with Crippen molar-refractivity contribution < 1.29 is 14.3 Å². The van der Waals surface area contributed by atoms with E-state index in [0.29, 0.717) is 22.2 Å². The maximum Gasteiger partial charge on any atom is 0.249 e. The predicted molar refractivity (Wildman–Crippen MR) is 114 cm³/mol. The molecule has 0 saturated carbocycles. The van der Waals surface area contributed by atoms with Crippen molar-refractivity contribution in [2.45, 2.75) is 26.4 Å². The molecule has 2 aliphatic heterocycles. The number of ether oxygens (including phenoxy) is 1. The van der Waals surface area contributed by atoms with E-state index in [-0.39, 0.29) is 18.4 Å². The van der Waals surface area contributed by atoms with Gasteiger partial charge in [0.25, 0.3) is 0 Å². The van der Waals surface area contributed by atoms with E-state index in [0.717, 1.165) is 11.1 Å². The third kappa shape index (κ3) is 3.68. The van der Waals surface area contributed by atoms with Crippen molar-refractivity contribution in [1.82, 2.24) is 10.9 Å². The predicted octanol–water partition coefficient (Wildman–Crippen LogP) is 3.25. The van der Waals surface area contributed by atoms with Gasteiger partial charge in [-0.2, -0.15) is 10.2 Å². The summed E-state index contributed by atoms with van der Waals surface area (Å²) in [5.74, 6) is -1.62. The van der Waals surface area contributed by atoms with Crippen LogP contribution in [0.2, 0.25) is 5.02 Å². The number of hydrazone groups is 2. The van der Waals surface area contributed by atoms with Crippen LogP contribution < -0.4 is 15.6 Å². The lowest BCUT2D eigenvalue weighted by atomic mass is 9.73. The van der Waals surface area contributed by atoms with Crippen molar-refractivity contribution in [3.63, 3.8) is 0 Å². The van der Waals surface area contributed by atoms with Crippen LogP contribution in [0.4, 0.5) is 0 Å². The standard InChI is InChI=1S/C22H21ClN4O3/c1-12-18(21(28)26-24-12)20(19-13(2)25-27-22(19)29)15-8-4-6-10-17(15)30-11-14-7-3-5-9-16(14)23/h3-10,18-20H,11H2,1-2H3,(H,26,28)(H,27,29). The maximum absolute atomic E-state index is 12.6. The quantitative estimate of drug-likeness (QED) is 0.745. The third-order valence-corrected chi connectivity index (χ3v) is 5.86. The number of benzene rings is 2. The van der Waals surface area contributed by atoms with Gasteiger partial charge in [-0.3, -0.25) is 9.59 Å². The van der Waals surface area contributed by atoms with Crippen LogP contribution in [0, 0.1) is 11.8 Å². The average Bonchev–Trinajstić information content (AvgIpc) is 3.25. The number of rotatable bonds is 6. The highest BCUT2D eigenvalue weighted by atomic mass is 35.5. The molecule has 0 saturated heterocycles. The number of carbonyl (C=O) groups is 2. The summed E-state index contributed by atoms with van der Waals surface area (Å²) in [5, 5.41) is 8.79. The van der Waals surface area contributed by atoms with Gasteiger partial charge in [-0.25, -0.2) is 10.9 Å². The van der Waals surface area contributed by atoms with Crippen LogP contribution in [0.25, 0.3) is 0 Å². The molecule has 2 atom stereocenters. The number of hydrogen-bond acceptors (Lipinski definition) is 5. The number of hydrogen-bond donors (Lipinski definition) is 2. The maximum atomic E-state index is 12.6. The Morgan fingerprint density at radius 1 is 0.933 bits per heavy atom. The molecule has 2 heterocycles. The van der Waals surface area contributed by atoms with Crippen LogP contribution in [0.1, 0.15) is 30.9 Å². The minimum Gasteiger partial charge on any atom is -0.489 e. The number of para-hydroxylation sites is 1. The van der Waals surface area contributed by atoms with E-state index in [2.05, 4.69) is 21.1 Å². The summed E-state index contributed by atoms with van der Waals surface area (Å²) in [7, 11) is 0. The fourth-order valence-electron chi connectivity index (χ4n) is 4.00. The molecule has 7 nitrogen and oxygen atoms in total. The molecule has 0 fully saturated rings. The molecule has 2 unspecified atom stereocenters. The fraction of sp³-hybridized carbons (Fsp3) is 0.273. The number of amides is 2. The Morgan fingerprint density at radius 3 is 2.07 bits per heavy atom. The van der Waals surface area contributed by atoms with Gasteiger partial charge in [-0.15, -0.1) is 0 Å². The first-order valence-corrected chi connectivity index (χ1v) is 9.98. The Hall–Kier alpha value is -3.19. The van der Waals surface area contributed by atoms with Gasteiger partial charge >= 0.3 is 0 Å². The summed E-state index contributed by atoms with van der Waals surface area (Å²) in [6.07, 6.45) is 0. The first-order valence-electron chi connectivity index (χ1n) is 9.60. The Kier molecular flexibility index (Phi) is 5.55. The van der Waals surface area contributed by atoms with E-state index in [1.807, 2.05) is 42.5 Å². The molecule has 2 aromatic rings. The SMILES string of the molecule is CC1=NNC(=O)C1C(c1ccccc1OCc1ccccc1Cl)C1C(=O)NN=C1C. The Morgan fingerprint density at radius 2 is 1.50 bits per heavy atom. The van der Waals surface area contributed by atoms with Gasteiger partial charge < -0.3 is 4.74 Å². The highest BCUT2D eigenvalue weighted by Gasteiger charge is 2.46. The second-order valence-corrected chi connectivity index (χ2v) is 7.76. The van der Waals surface area contributed by atoms with Crippen molar-refractivity contribution in [2.24, 2.45) is 22.0 Å². The molecule has 30 heavy (non-hydrogen) atoms. The number of nitrogens with zero attached hydrogens (tertiary/aromatic N) is 2. The monoisotopic (exact) mass is 424 g/mol. The minimum atomic E-state index is -0.603. The van der Waals surface area contributed by atoms with Gasteiger partial charge in [0, 0.05) is 27.9 Å². The first kappa shape index (κ1) is 20.1. The molecule has 2 N–H and O–H groups in total. The number of halogens is 1. The smallest absolute Gasteiger partial charge is 0.249 e. The van der Waals surface area contributed by atoms with E-state index in [1.54, 1.807) is 19.9 Å². The Labute approximate surface area is 179 Å². The summed E-state index contributed by atoms with van der Waals surface area (Å²) in [6, 6.07) is 14.9. The number of carbonyl (C=O) groups excluding carboxylic acids is 2. The van der Waals surface area contributed by atoms with E-state index in [9.17, 15) is 9.59 Å². The second kappa shape index (κ2) is 8.28. The van der Waals surface area contributed by atoms with Crippen molar-refractivity contribution in [2.75, 3.05) is 0 Å². The van der Waals surface area contributed by atoms with Crippen LogP contribution in [0.3, 0.4) is 0 Å². The van der Waals surface area contributed by atoms with Crippen LogP contribution in [0.15, 0.2) is 58.7 Å². The van der Waals surface area contributed by atoms with Gasteiger partial charge in [0.05, 0.1) is 11.8 Å². The molecule has 8 heteroatoms. The van der Waals surface area contributed by atoms with E-state index in [4.69, 9.17) is 16.3 Å². The summed E-state index contributed by atoms with van der Waals surface area (Å²) in [4.78, 5) is 25.3. The zero-order valence-corrected chi connectivity index (χ0v) is 17.3. The van der Waals surface area contributed by atoms with E-state index in [1.165, 1.54) is 0 Å². The highest BCUT2D eigenvalue weighted by molar-refractivity contribution is 6.31. The summed E-state index contributed by atoms with van der Waals surface area (Å²) in [6.45, 7) is 3.82. The van der Waals surface area contributed by atoms with Crippen LogP contribution in [0.5, 0.6) is 5.75 Å². The zero-order chi connectivity index (χ0) is 21.3. The van der Waals surface area contributed by atoms with Gasteiger partial charge in [0.2, 0.25) is 11.8 Å². The van der Waals surface area contributed by atoms with Crippen LogP contribution in [-0.2, 0) is 16.2 Å². The minimum absolute atomic E-state index is 0.245. The molecule has 0 radical (unpaired) electrons. The Balaban J connectivity index is 1.74. The summed E-state index contributed by atoms with van der Waals surface area (Å²) >= 11 is 6.26. The third-order valence-electron chi connectivity index (χ3n) is 5.49.